The Hall–Kier alpha value is -1.55. The average molecular weight is 290 g/mol. The molecule has 1 amide bonds. The van der Waals surface area contributed by atoms with E-state index in [1.54, 1.807) is 0 Å². The van der Waals surface area contributed by atoms with E-state index in [-0.39, 0.29) is 12.1 Å². The van der Waals surface area contributed by atoms with Crippen molar-refractivity contribution in [2.45, 2.75) is 38.6 Å². The molecule has 1 N–H and O–H groups in total. The summed E-state index contributed by atoms with van der Waals surface area (Å²) in [4.78, 5) is 14.2. The summed E-state index contributed by atoms with van der Waals surface area (Å²) in [5.41, 5.74) is 1.26. The smallest absolute Gasteiger partial charge is 0.410 e. The van der Waals surface area contributed by atoms with Gasteiger partial charge in [0.25, 0.3) is 0 Å². The fourth-order valence-corrected chi connectivity index (χ4v) is 2.63. The van der Waals surface area contributed by atoms with Gasteiger partial charge in [-0.1, -0.05) is 43.7 Å². The van der Waals surface area contributed by atoms with Crippen molar-refractivity contribution in [3.63, 3.8) is 0 Å². The van der Waals surface area contributed by atoms with Crippen LogP contribution in [0.1, 0.15) is 31.7 Å². The molecule has 0 spiro atoms. The van der Waals surface area contributed by atoms with E-state index >= 15 is 0 Å². The van der Waals surface area contributed by atoms with Gasteiger partial charge in [-0.25, -0.2) is 4.79 Å². The molecule has 0 radical (unpaired) electrons. The molecular formula is C17H26N2O2. The molecule has 1 aromatic carbocycles. The van der Waals surface area contributed by atoms with E-state index in [0.29, 0.717) is 6.61 Å². The van der Waals surface area contributed by atoms with Crippen LogP contribution < -0.4 is 5.32 Å². The monoisotopic (exact) mass is 290 g/mol. The molecule has 0 bridgehead atoms. The topological polar surface area (TPSA) is 41.6 Å². The molecule has 4 nitrogen and oxygen atoms in total. The number of nitrogens with one attached hydrogen (secondary N) is 1. The van der Waals surface area contributed by atoms with E-state index in [1.807, 2.05) is 23.1 Å². The highest BCUT2D eigenvalue weighted by Crippen LogP contribution is 2.13. The van der Waals surface area contributed by atoms with Gasteiger partial charge in [0, 0.05) is 13.1 Å². The summed E-state index contributed by atoms with van der Waals surface area (Å²) in [5.74, 6) is 0. The lowest BCUT2D eigenvalue weighted by Crippen LogP contribution is -2.45. The molecule has 1 aromatic rings. The van der Waals surface area contributed by atoms with E-state index in [0.717, 1.165) is 45.3 Å². The van der Waals surface area contributed by atoms with E-state index < -0.39 is 0 Å². The minimum absolute atomic E-state index is 0.159. The van der Waals surface area contributed by atoms with Gasteiger partial charge in [0.15, 0.2) is 0 Å². The van der Waals surface area contributed by atoms with Crippen molar-refractivity contribution in [2.24, 2.45) is 0 Å². The molecule has 1 heterocycles. The first-order chi connectivity index (χ1) is 10.3. The van der Waals surface area contributed by atoms with Gasteiger partial charge in [-0.3, -0.25) is 0 Å². The Bertz CT molecular complexity index is 422. The largest absolute Gasteiger partial charge is 0.449 e. The van der Waals surface area contributed by atoms with E-state index in [2.05, 4.69) is 24.4 Å². The highest BCUT2D eigenvalue weighted by Gasteiger charge is 2.26. The lowest BCUT2D eigenvalue weighted by molar-refractivity contribution is 0.0877. The fraction of sp³-hybridized carbons (Fsp3) is 0.588. The van der Waals surface area contributed by atoms with Gasteiger partial charge in [-0.15, -0.1) is 0 Å². The number of nitrogens with zero attached hydrogens (tertiary/aromatic N) is 1. The summed E-state index contributed by atoms with van der Waals surface area (Å²) in [6.45, 7) is 5.19. The van der Waals surface area contributed by atoms with Crippen LogP contribution in [0.3, 0.4) is 0 Å². The number of benzene rings is 1. The maximum atomic E-state index is 12.3. The Kier molecular flexibility index (Phi) is 6.54. The second-order valence-corrected chi connectivity index (χ2v) is 5.56. The van der Waals surface area contributed by atoms with Crippen LogP contribution in [0.5, 0.6) is 0 Å². The highest BCUT2D eigenvalue weighted by molar-refractivity contribution is 5.68. The molecule has 1 atom stereocenters. The molecule has 1 saturated heterocycles. The van der Waals surface area contributed by atoms with Crippen LogP contribution in [0.25, 0.3) is 0 Å². The molecule has 1 fully saturated rings. The Labute approximate surface area is 127 Å². The first-order valence-corrected chi connectivity index (χ1v) is 7.99. The van der Waals surface area contributed by atoms with Gasteiger partial charge >= 0.3 is 6.09 Å². The zero-order chi connectivity index (χ0) is 14.9. The van der Waals surface area contributed by atoms with Crippen LogP contribution in [0, 0.1) is 0 Å². The van der Waals surface area contributed by atoms with Gasteiger partial charge in [0.05, 0.1) is 12.6 Å². The number of ether oxygens (including phenoxy) is 1. The lowest BCUT2D eigenvalue weighted by Gasteiger charge is -2.29. The van der Waals surface area contributed by atoms with Crippen LogP contribution in [-0.2, 0) is 11.2 Å². The van der Waals surface area contributed by atoms with Crippen LogP contribution >= 0.6 is 0 Å². The van der Waals surface area contributed by atoms with Gasteiger partial charge in [-0.05, 0) is 31.4 Å². The van der Waals surface area contributed by atoms with Gasteiger partial charge in [0.1, 0.15) is 0 Å². The Morgan fingerprint density at radius 3 is 2.95 bits per heavy atom. The van der Waals surface area contributed by atoms with Crippen LogP contribution in [-0.4, -0.2) is 43.3 Å². The Morgan fingerprint density at radius 1 is 1.38 bits per heavy atom. The Morgan fingerprint density at radius 2 is 2.19 bits per heavy atom. The number of hydrogen-bond donors (Lipinski definition) is 1. The molecule has 2 rings (SSSR count). The maximum absolute atomic E-state index is 12.3. The molecule has 0 aromatic heterocycles. The van der Waals surface area contributed by atoms with E-state index in [1.165, 1.54) is 5.56 Å². The molecule has 0 saturated carbocycles. The summed E-state index contributed by atoms with van der Waals surface area (Å²) >= 11 is 0. The molecule has 0 aliphatic carbocycles. The third kappa shape index (κ3) is 5.05. The summed E-state index contributed by atoms with van der Waals surface area (Å²) in [7, 11) is 0. The molecule has 4 heteroatoms. The maximum Gasteiger partial charge on any atom is 0.410 e. The van der Waals surface area contributed by atoms with Gasteiger partial charge in [0.2, 0.25) is 0 Å². The number of hydrogen-bond acceptors (Lipinski definition) is 3. The standard InChI is InChI=1S/C17H26N2O2/c1-2-3-12-21-17(20)19-11-7-10-18-14-16(19)13-15-8-5-4-6-9-15/h4-6,8-9,16,18H,2-3,7,10-14H2,1H3. The lowest BCUT2D eigenvalue weighted by atomic mass is 10.1. The van der Waals surface area contributed by atoms with Crippen molar-refractivity contribution >= 4 is 6.09 Å². The minimum atomic E-state index is -0.159. The molecule has 21 heavy (non-hydrogen) atoms. The normalized spacial score (nSPS) is 19.1. The SMILES string of the molecule is CCCCOC(=O)N1CCCNCC1Cc1ccccc1. The summed E-state index contributed by atoms with van der Waals surface area (Å²) < 4.78 is 5.40. The third-order valence-corrected chi connectivity index (χ3v) is 3.85. The number of unbranched alkanes of at least 4 members (excludes halogenated alkanes) is 1. The van der Waals surface area contributed by atoms with Crippen molar-refractivity contribution < 1.29 is 9.53 Å². The minimum Gasteiger partial charge on any atom is -0.449 e. The van der Waals surface area contributed by atoms with Crippen LogP contribution in [0.2, 0.25) is 0 Å². The molecular weight excluding hydrogens is 264 g/mol. The van der Waals surface area contributed by atoms with Crippen molar-refractivity contribution in [3.8, 4) is 0 Å². The van der Waals surface area contributed by atoms with E-state index in [9.17, 15) is 4.79 Å². The Balaban J connectivity index is 1.98. The second-order valence-electron chi connectivity index (χ2n) is 5.56. The molecule has 1 aliphatic rings. The zero-order valence-electron chi connectivity index (χ0n) is 12.9. The molecule has 116 valence electrons. The van der Waals surface area contributed by atoms with Crippen LogP contribution in [0.15, 0.2) is 30.3 Å². The predicted octanol–water partition coefficient (Wildman–Crippen LogP) is 2.83. The summed E-state index contributed by atoms with van der Waals surface area (Å²) in [5, 5.41) is 3.42. The first kappa shape index (κ1) is 15.8. The van der Waals surface area contributed by atoms with Crippen molar-refractivity contribution in [2.75, 3.05) is 26.2 Å². The zero-order valence-corrected chi connectivity index (χ0v) is 12.9. The summed E-state index contributed by atoms with van der Waals surface area (Å²) in [6, 6.07) is 10.5. The average Bonchev–Trinajstić information content (AvgIpc) is 2.74. The quantitative estimate of drug-likeness (QED) is 0.848. The van der Waals surface area contributed by atoms with E-state index in [4.69, 9.17) is 4.74 Å². The van der Waals surface area contributed by atoms with Crippen LogP contribution in [0.4, 0.5) is 4.79 Å². The van der Waals surface area contributed by atoms with Gasteiger partial charge < -0.3 is 15.0 Å². The predicted molar refractivity (Wildman–Crippen MR) is 84.4 cm³/mol. The highest BCUT2D eigenvalue weighted by atomic mass is 16.6. The van der Waals surface area contributed by atoms with Crippen molar-refractivity contribution in [3.05, 3.63) is 35.9 Å². The first-order valence-electron chi connectivity index (χ1n) is 7.99. The summed E-state index contributed by atoms with van der Waals surface area (Å²) in [6.07, 6.45) is 3.67. The van der Waals surface area contributed by atoms with Gasteiger partial charge in [-0.2, -0.15) is 0 Å². The number of rotatable bonds is 5. The number of carbonyl (C=O) groups is 1. The number of carbonyl (C=O) groups excluding carboxylic acids is 1. The molecule has 1 aliphatic heterocycles. The van der Waals surface area contributed by atoms with Crippen molar-refractivity contribution in [1.29, 1.82) is 0 Å². The second kappa shape index (κ2) is 8.67. The molecule has 1 unspecified atom stereocenters. The fourth-order valence-electron chi connectivity index (χ4n) is 2.63. The third-order valence-electron chi connectivity index (χ3n) is 3.85. The van der Waals surface area contributed by atoms with Crippen molar-refractivity contribution in [1.82, 2.24) is 10.2 Å². The number of amides is 1.